The maximum atomic E-state index is 12.3. The maximum absolute atomic E-state index is 12.3. The fraction of sp³-hybridized carbons (Fsp3) is 0.704. The highest BCUT2D eigenvalue weighted by Gasteiger charge is 2.37. The largest absolute Gasteiger partial charge is 0.489 e. The summed E-state index contributed by atoms with van der Waals surface area (Å²) in [7, 11) is -1.78. The smallest absolute Gasteiger partial charge is 0.410 e. The Labute approximate surface area is 218 Å². The van der Waals surface area contributed by atoms with E-state index in [0.717, 1.165) is 24.8 Å². The third kappa shape index (κ3) is 9.67. The van der Waals surface area contributed by atoms with E-state index in [2.05, 4.69) is 50.7 Å². The molecule has 1 aromatic rings. The van der Waals surface area contributed by atoms with Gasteiger partial charge in [0.1, 0.15) is 16.5 Å². The van der Waals surface area contributed by atoms with Crippen molar-refractivity contribution in [3.05, 3.63) is 23.0 Å². The van der Waals surface area contributed by atoms with Gasteiger partial charge in [-0.3, -0.25) is 0 Å². The van der Waals surface area contributed by atoms with Gasteiger partial charge < -0.3 is 18.8 Å². The maximum Gasteiger partial charge on any atom is 0.410 e. The van der Waals surface area contributed by atoms with Gasteiger partial charge in [-0.05, 0) is 58.7 Å². The van der Waals surface area contributed by atoms with Crippen LogP contribution >= 0.6 is 11.6 Å². The molecule has 2 rings (SSSR count). The first-order valence-corrected chi connectivity index (χ1v) is 15.8. The molecule has 0 aliphatic carbocycles. The first-order valence-electron chi connectivity index (χ1n) is 12.5. The minimum absolute atomic E-state index is 0.0455. The van der Waals surface area contributed by atoms with Crippen molar-refractivity contribution >= 4 is 26.0 Å². The number of amides is 1. The molecular formula is C27H43ClN2O4Si. The van der Waals surface area contributed by atoms with Gasteiger partial charge in [-0.15, -0.1) is 0 Å². The number of hydrogen-bond acceptors (Lipinski definition) is 5. The van der Waals surface area contributed by atoms with Crippen LogP contribution in [0.2, 0.25) is 23.3 Å². The second-order valence-electron chi connectivity index (χ2n) is 11.8. The predicted octanol–water partition coefficient (Wildman–Crippen LogP) is 6.91. The van der Waals surface area contributed by atoms with Crippen LogP contribution in [0.4, 0.5) is 4.79 Å². The van der Waals surface area contributed by atoms with Crippen LogP contribution in [0.5, 0.6) is 5.75 Å². The van der Waals surface area contributed by atoms with Gasteiger partial charge in [0, 0.05) is 44.3 Å². The average Bonchev–Trinajstić information content (AvgIpc) is 2.71. The van der Waals surface area contributed by atoms with E-state index in [0.29, 0.717) is 30.6 Å². The molecule has 1 aromatic heterocycles. The number of nitrogens with zero attached hydrogens (tertiary/aromatic N) is 2. The molecule has 1 aliphatic rings. The number of piperidine rings is 1. The molecule has 0 N–H and O–H groups in total. The first-order chi connectivity index (χ1) is 16.1. The molecule has 0 spiro atoms. The second kappa shape index (κ2) is 12.0. The van der Waals surface area contributed by atoms with Gasteiger partial charge in [0.2, 0.25) is 0 Å². The van der Waals surface area contributed by atoms with Crippen molar-refractivity contribution in [1.29, 1.82) is 0 Å². The van der Waals surface area contributed by atoms with E-state index in [1.165, 1.54) is 0 Å². The topological polar surface area (TPSA) is 60.9 Å². The number of pyridine rings is 1. The predicted molar refractivity (Wildman–Crippen MR) is 145 cm³/mol. The summed E-state index contributed by atoms with van der Waals surface area (Å²) in [6.07, 6.45) is 3.76. The van der Waals surface area contributed by atoms with Crippen LogP contribution in [0.1, 0.15) is 73.3 Å². The molecule has 196 valence electrons. The summed E-state index contributed by atoms with van der Waals surface area (Å²) in [6.45, 7) is 20.9. The van der Waals surface area contributed by atoms with Crippen molar-refractivity contribution in [2.45, 2.75) is 97.6 Å². The van der Waals surface area contributed by atoms with Crippen molar-refractivity contribution in [3.8, 4) is 17.6 Å². The summed E-state index contributed by atoms with van der Waals surface area (Å²) in [5.74, 6) is 7.43. The third-order valence-corrected chi connectivity index (χ3v) is 11.3. The summed E-state index contributed by atoms with van der Waals surface area (Å²) in [4.78, 5) is 18.2. The highest BCUT2D eigenvalue weighted by atomic mass is 35.5. The molecular weight excluding hydrogens is 480 g/mol. The standard InChI is InChI=1S/C27H43ClN2O4Si/c1-20(14-17-32-35(8,9)27(5,6)7)33-23-18-24(28)29-19-22(23)11-10-21-12-15-30(16-13-21)25(31)34-26(2,3)4/h18-21H,12-17H2,1-9H3/t20-/m0/s1. The molecule has 0 aromatic carbocycles. The summed E-state index contributed by atoms with van der Waals surface area (Å²) in [5.41, 5.74) is 0.237. The number of likely N-dealkylation sites (tertiary alicyclic amines) is 1. The summed E-state index contributed by atoms with van der Waals surface area (Å²) in [6, 6.07) is 1.72. The molecule has 8 heteroatoms. The van der Waals surface area contributed by atoms with Crippen LogP contribution in [-0.4, -0.2) is 55.7 Å². The molecule has 1 fully saturated rings. The van der Waals surface area contributed by atoms with Crippen LogP contribution in [0.25, 0.3) is 0 Å². The quantitative estimate of drug-likeness (QED) is 0.230. The Bertz CT molecular complexity index is 920. The number of carbonyl (C=O) groups is 1. The fourth-order valence-corrected chi connectivity index (χ4v) is 4.50. The second-order valence-corrected chi connectivity index (χ2v) is 17.0. The highest BCUT2D eigenvalue weighted by Crippen LogP contribution is 2.36. The summed E-state index contributed by atoms with van der Waals surface area (Å²) >= 11 is 6.15. The molecule has 0 unspecified atom stereocenters. The van der Waals surface area contributed by atoms with Crippen LogP contribution in [-0.2, 0) is 9.16 Å². The molecule has 35 heavy (non-hydrogen) atoms. The van der Waals surface area contributed by atoms with Gasteiger partial charge >= 0.3 is 6.09 Å². The monoisotopic (exact) mass is 522 g/mol. The number of halogens is 1. The van der Waals surface area contributed by atoms with Gasteiger partial charge in [-0.1, -0.05) is 44.2 Å². The van der Waals surface area contributed by atoms with Gasteiger partial charge in [-0.2, -0.15) is 0 Å². The Morgan fingerprint density at radius 1 is 1.23 bits per heavy atom. The van der Waals surface area contributed by atoms with Crippen molar-refractivity contribution in [2.24, 2.45) is 5.92 Å². The van der Waals surface area contributed by atoms with Gasteiger partial charge in [-0.25, -0.2) is 9.78 Å². The third-order valence-electron chi connectivity index (χ3n) is 6.51. The van der Waals surface area contributed by atoms with E-state index in [9.17, 15) is 4.79 Å². The molecule has 1 saturated heterocycles. The van der Waals surface area contributed by atoms with Crippen molar-refractivity contribution in [3.63, 3.8) is 0 Å². The molecule has 0 radical (unpaired) electrons. The molecule has 6 nitrogen and oxygen atoms in total. The summed E-state index contributed by atoms with van der Waals surface area (Å²) in [5, 5.41) is 0.558. The average molecular weight is 523 g/mol. The Morgan fingerprint density at radius 3 is 2.43 bits per heavy atom. The van der Waals surface area contributed by atoms with E-state index < -0.39 is 13.9 Å². The number of rotatable bonds is 6. The Hall–Kier alpha value is -1.75. The fourth-order valence-electron chi connectivity index (χ4n) is 3.29. The lowest BCUT2D eigenvalue weighted by Crippen LogP contribution is -2.41. The normalized spacial score (nSPS) is 16.3. The Balaban J connectivity index is 1.95. The minimum Gasteiger partial charge on any atom is -0.489 e. The van der Waals surface area contributed by atoms with Crippen LogP contribution in [0.15, 0.2) is 12.3 Å². The van der Waals surface area contributed by atoms with Gasteiger partial charge in [0.25, 0.3) is 0 Å². The zero-order valence-electron chi connectivity index (χ0n) is 23.0. The van der Waals surface area contributed by atoms with Crippen molar-refractivity contribution < 1.29 is 18.7 Å². The zero-order chi connectivity index (χ0) is 26.4. The SMILES string of the molecule is C[C@@H](CCO[Si](C)(C)C(C)(C)C)Oc1cc(Cl)ncc1C#CC1CCN(C(=O)OC(C)(C)C)CC1. The van der Waals surface area contributed by atoms with E-state index in [-0.39, 0.29) is 23.2 Å². The number of carbonyl (C=O) groups excluding carboxylic acids is 1. The van der Waals surface area contributed by atoms with Crippen LogP contribution < -0.4 is 4.74 Å². The molecule has 0 saturated carbocycles. The lowest BCUT2D eigenvalue weighted by molar-refractivity contribution is 0.0199. The lowest BCUT2D eigenvalue weighted by atomic mass is 9.97. The van der Waals surface area contributed by atoms with E-state index in [4.69, 9.17) is 25.5 Å². The van der Waals surface area contributed by atoms with E-state index in [1.807, 2.05) is 27.7 Å². The van der Waals surface area contributed by atoms with Gasteiger partial charge in [0.05, 0.1) is 11.7 Å². The molecule has 1 atom stereocenters. The van der Waals surface area contributed by atoms with Crippen molar-refractivity contribution in [1.82, 2.24) is 9.88 Å². The van der Waals surface area contributed by atoms with Crippen molar-refractivity contribution in [2.75, 3.05) is 19.7 Å². The first kappa shape index (κ1) is 29.5. The number of hydrogen-bond donors (Lipinski definition) is 0. The minimum atomic E-state index is -1.78. The van der Waals surface area contributed by atoms with Crippen LogP contribution in [0.3, 0.4) is 0 Å². The van der Waals surface area contributed by atoms with E-state index >= 15 is 0 Å². The Kier molecular flexibility index (Phi) is 10.1. The molecule has 2 heterocycles. The lowest BCUT2D eigenvalue weighted by Gasteiger charge is -2.36. The molecule has 1 amide bonds. The van der Waals surface area contributed by atoms with Crippen LogP contribution in [0, 0.1) is 17.8 Å². The molecule has 1 aliphatic heterocycles. The van der Waals surface area contributed by atoms with Gasteiger partial charge in [0.15, 0.2) is 8.32 Å². The highest BCUT2D eigenvalue weighted by molar-refractivity contribution is 6.74. The Morgan fingerprint density at radius 2 is 1.86 bits per heavy atom. The summed E-state index contributed by atoms with van der Waals surface area (Å²) < 4.78 is 18.0. The zero-order valence-corrected chi connectivity index (χ0v) is 24.7. The number of ether oxygens (including phenoxy) is 2. The molecule has 0 bridgehead atoms. The van der Waals surface area contributed by atoms with E-state index in [1.54, 1.807) is 17.2 Å². The number of aromatic nitrogens is 1.